The number of unbranched alkanes of at least 4 members (excludes halogenated alkanes) is 5. The van der Waals surface area contributed by atoms with E-state index >= 15 is 0 Å². The van der Waals surface area contributed by atoms with Crippen LogP contribution in [0, 0.1) is 0 Å². The fraction of sp³-hybridized carbons (Fsp3) is 0.370. The number of aromatic carboxylic acids is 1. The Kier molecular flexibility index (Phi) is 10.2. The van der Waals surface area contributed by atoms with Crippen molar-refractivity contribution in [2.45, 2.75) is 52.4 Å². The number of thioether (sulfide) groups is 1. The van der Waals surface area contributed by atoms with Crippen molar-refractivity contribution in [3.8, 4) is 17.2 Å². The largest absolute Gasteiger partial charge is 0.507 e. The molecule has 1 amide bonds. The topological polar surface area (TPSA) is 96.3 Å². The second kappa shape index (κ2) is 13.3. The molecule has 192 valence electrons. The molecule has 0 aromatic heterocycles. The number of aromatic hydroxyl groups is 1. The number of rotatable bonds is 13. The molecule has 0 saturated carbocycles. The first-order valence-electron chi connectivity index (χ1n) is 12.1. The van der Waals surface area contributed by atoms with E-state index in [1.165, 1.54) is 48.8 Å². The number of amides is 1. The third-order valence-electron chi connectivity index (χ3n) is 5.58. The summed E-state index contributed by atoms with van der Waals surface area (Å²) < 4.78 is 12.0. The van der Waals surface area contributed by atoms with Gasteiger partial charge in [0.2, 0.25) is 0 Å². The minimum absolute atomic E-state index is 0.275. The number of nitrogens with zero attached hydrogens (tertiary/aromatic N) is 1. The Hall–Kier alpha value is -3.04. The van der Waals surface area contributed by atoms with Crippen molar-refractivity contribution in [1.82, 2.24) is 0 Å². The lowest BCUT2D eigenvalue weighted by atomic mass is 10.1. The van der Waals surface area contributed by atoms with Crippen LogP contribution in [-0.4, -0.2) is 39.6 Å². The van der Waals surface area contributed by atoms with Crippen LogP contribution in [-0.2, 0) is 4.79 Å². The van der Waals surface area contributed by atoms with Gasteiger partial charge in [0.15, 0.2) is 15.8 Å². The monoisotopic (exact) mass is 529 g/mol. The number of benzene rings is 2. The quantitative estimate of drug-likeness (QED) is 0.169. The molecular formula is C27H31NO6S2. The summed E-state index contributed by atoms with van der Waals surface area (Å²) in [5, 5.41) is 19.1. The highest BCUT2D eigenvalue weighted by Gasteiger charge is 2.34. The van der Waals surface area contributed by atoms with Gasteiger partial charge in [-0.1, -0.05) is 69.1 Å². The van der Waals surface area contributed by atoms with Crippen molar-refractivity contribution in [2.75, 3.05) is 18.1 Å². The number of ether oxygens (including phenoxy) is 2. The first-order valence-corrected chi connectivity index (χ1v) is 13.3. The molecule has 1 fully saturated rings. The van der Waals surface area contributed by atoms with Crippen LogP contribution in [0.3, 0.4) is 0 Å². The number of carboxylic acids is 1. The third-order valence-corrected chi connectivity index (χ3v) is 6.89. The van der Waals surface area contributed by atoms with Gasteiger partial charge in [-0.3, -0.25) is 9.69 Å². The van der Waals surface area contributed by atoms with Crippen molar-refractivity contribution in [1.29, 1.82) is 0 Å². The minimum Gasteiger partial charge on any atom is -0.507 e. The lowest BCUT2D eigenvalue weighted by Gasteiger charge is -2.15. The van der Waals surface area contributed by atoms with Gasteiger partial charge in [0.25, 0.3) is 5.91 Å². The van der Waals surface area contributed by atoms with E-state index in [0.29, 0.717) is 29.6 Å². The summed E-state index contributed by atoms with van der Waals surface area (Å²) in [7, 11) is 0. The summed E-state index contributed by atoms with van der Waals surface area (Å²) in [6.45, 7) is 5.20. The van der Waals surface area contributed by atoms with Gasteiger partial charge in [-0.25, -0.2) is 4.79 Å². The molecule has 36 heavy (non-hydrogen) atoms. The molecule has 0 aliphatic carbocycles. The molecule has 2 aromatic carbocycles. The molecular weight excluding hydrogens is 498 g/mol. The van der Waals surface area contributed by atoms with Gasteiger partial charge in [0.1, 0.15) is 11.3 Å². The van der Waals surface area contributed by atoms with Gasteiger partial charge in [0, 0.05) is 0 Å². The summed E-state index contributed by atoms with van der Waals surface area (Å²) in [5.74, 6) is -0.766. The molecule has 2 N–H and O–H groups in total. The fourth-order valence-electron chi connectivity index (χ4n) is 3.74. The Morgan fingerprint density at radius 3 is 2.50 bits per heavy atom. The maximum atomic E-state index is 13.1. The highest BCUT2D eigenvalue weighted by atomic mass is 32.2. The Morgan fingerprint density at radius 1 is 1.03 bits per heavy atom. The molecule has 0 atom stereocenters. The fourth-order valence-corrected chi connectivity index (χ4v) is 5.04. The van der Waals surface area contributed by atoms with Crippen molar-refractivity contribution in [3.63, 3.8) is 0 Å². The number of anilines is 1. The smallest absolute Gasteiger partial charge is 0.339 e. The average Bonchev–Trinajstić information content (AvgIpc) is 3.12. The molecule has 1 saturated heterocycles. The summed E-state index contributed by atoms with van der Waals surface area (Å²) in [6, 6.07) is 9.45. The van der Waals surface area contributed by atoms with Gasteiger partial charge in [-0.05, 0) is 55.3 Å². The van der Waals surface area contributed by atoms with Crippen LogP contribution in [0.1, 0.15) is 68.3 Å². The normalized spacial score (nSPS) is 14.5. The average molecular weight is 530 g/mol. The number of hydrogen-bond acceptors (Lipinski definition) is 7. The zero-order valence-corrected chi connectivity index (χ0v) is 22.1. The van der Waals surface area contributed by atoms with Gasteiger partial charge in [0.05, 0.1) is 23.8 Å². The Balaban J connectivity index is 1.73. The van der Waals surface area contributed by atoms with Crippen LogP contribution in [0.2, 0.25) is 0 Å². The van der Waals surface area contributed by atoms with Crippen molar-refractivity contribution in [3.05, 3.63) is 52.4 Å². The molecule has 2 aromatic rings. The molecule has 0 radical (unpaired) electrons. The molecule has 9 heteroatoms. The first kappa shape index (κ1) is 27.5. The van der Waals surface area contributed by atoms with Gasteiger partial charge < -0.3 is 19.7 Å². The maximum absolute atomic E-state index is 13.1. The van der Waals surface area contributed by atoms with Gasteiger partial charge in [-0.15, -0.1) is 0 Å². The Labute approximate surface area is 221 Å². The van der Waals surface area contributed by atoms with Crippen LogP contribution in [0.25, 0.3) is 6.08 Å². The van der Waals surface area contributed by atoms with E-state index < -0.39 is 5.97 Å². The molecule has 3 rings (SSSR count). The highest BCUT2D eigenvalue weighted by Crippen LogP contribution is 2.38. The number of hydrogen-bond donors (Lipinski definition) is 2. The van der Waals surface area contributed by atoms with Crippen LogP contribution in [0.5, 0.6) is 17.2 Å². The Morgan fingerprint density at radius 2 is 1.78 bits per heavy atom. The van der Waals surface area contributed by atoms with Crippen molar-refractivity contribution >= 4 is 51.9 Å². The van der Waals surface area contributed by atoms with Crippen molar-refractivity contribution < 1.29 is 29.3 Å². The van der Waals surface area contributed by atoms with Gasteiger partial charge >= 0.3 is 5.97 Å². The SMILES string of the molecule is CCCCCCCCOc1ccc(C=C2SC(=S)N(c3ccc(O)c(C(=O)O)c3)C2=O)cc1OCC. The lowest BCUT2D eigenvalue weighted by molar-refractivity contribution is -0.113. The predicted molar refractivity (Wildman–Crippen MR) is 147 cm³/mol. The molecule has 1 aliphatic heterocycles. The third kappa shape index (κ3) is 7.01. The summed E-state index contributed by atoms with van der Waals surface area (Å²) in [4.78, 5) is 26.1. The molecule has 1 aliphatic rings. The molecule has 0 spiro atoms. The Bertz CT molecular complexity index is 1150. The summed E-state index contributed by atoms with van der Waals surface area (Å²) in [5.41, 5.74) is 0.732. The first-order chi connectivity index (χ1) is 17.3. The number of carboxylic acid groups (broad SMARTS) is 1. The van der Waals surface area contributed by atoms with Crippen LogP contribution >= 0.6 is 24.0 Å². The number of thiocarbonyl (C=S) groups is 1. The number of carbonyl (C=O) groups is 2. The maximum Gasteiger partial charge on any atom is 0.339 e. The molecule has 7 nitrogen and oxygen atoms in total. The van der Waals surface area contributed by atoms with E-state index in [4.69, 9.17) is 21.7 Å². The summed E-state index contributed by atoms with van der Waals surface area (Å²) >= 11 is 6.51. The van der Waals surface area contributed by atoms with E-state index in [1.54, 1.807) is 6.08 Å². The zero-order valence-electron chi connectivity index (χ0n) is 20.5. The number of phenols is 1. The summed E-state index contributed by atoms with van der Waals surface area (Å²) in [6.07, 6.45) is 8.82. The standard InChI is InChI=1S/C27H31NO6S2/c1-3-5-6-7-8-9-14-34-22-13-10-18(15-23(22)33-4-2)16-24-25(30)28(27(35)36-24)19-11-12-21(29)20(17-19)26(31)32/h10-13,15-17,29H,3-9,14H2,1-2H3,(H,31,32). The van der Waals surface area contributed by atoms with Crippen molar-refractivity contribution in [2.24, 2.45) is 0 Å². The minimum atomic E-state index is -1.29. The number of carbonyl (C=O) groups excluding carboxylic acids is 1. The van der Waals surface area contributed by atoms with E-state index in [9.17, 15) is 19.8 Å². The molecule has 0 bridgehead atoms. The molecule has 1 heterocycles. The second-order valence-electron chi connectivity index (χ2n) is 8.28. The van der Waals surface area contributed by atoms with E-state index in [0.717, 1.165) is 30.2 Å². The zero-order chi connectivity index (χ0) is 26.1. The van der Waals surface area contributed by atoms with E-state index in [-0.39, 0.29) is 27.2 Å². The highest BCUT2D eigenvalue weighted by molar-refractivity contribution is 8.27. The van der Waals surface area contributed by atoms with Crippen LogP contribution < -0.4 is 14.4 Å². The second-order valence-corrected chi connectivity index (χ2v) is 9.95. The molecule has 0 unspecified atom stereocenters. The van der Waals surface area contributed by atoms with Gasteiger partial charge in [-0.2, -0.15) is 0 Å². The van der Waals surface area contributed by atoms with Crippen LogP contribution in [0.4, 0.5) is 5.69 Å². The van der Waals surface area contributed by atoms with E-state index in [2.05, 4.69) is 6.92 Å². The predicted octanol–water partition coefficient (Wildman–Crippen LogP) is 6.63. The van der Waals surface area contributed by atoms with Crippen LogP contribution in [0.15, 0.2) is 41.3 Å². The van der Waals surface area contributed by atoms with E-state index in [1.807, 2.05) is 25.1 Å². The lowest BCUT2D eigenvalue weighted by Crippen LogP contribution is -2.27.